The molecule has 2 nitrogen and oxygen atoms in total. The van der Waals surface area contributed by atoms with Gasteiger partial charge in [0.05, 0.1) is 0 Å². The van der Waals surface area contributed by atoms with Crippen molar-refractivity contribution in [2.75, 3.05) is 10.6 Å². The Bertz CT molecular complexity index is 592. The van der Waals surface area contributed by atoms with E-state index in [4.69, 9.17) is 12.2 Å². The van der Waals surface area contributed by atoms with Crippen LogP contribution in [0.4, 0.5) is 20.2 Å². The summed E-state index contributed by atoms with van der Waals surface area (Å²) in [5, 5.41) is 5.55. The van der Waals surface area contributed by atoms with Crippen molar-refractivity contribution < 1.29 is 8.78 Å². The molecule has 0 bridgehead atoms. The molecule has 0 unspecified atom stereocenters. The lowest BCUT2D eigenvalue weighted by atomic mass is 10.1. The van der Waals surface area contributed by atoms with Crippen LogP contribution in [0.1, 0.15) is 12.5 Å². The minimum atomic E-state index is -0.685. The van der Waals surface area contributed by atoms with Crippen LogP contribution in [0, 0.1) is 11.6 Å². The van der Waals surface area contributed by atoms with Gasteiger partial charge in [-0.1, -0.05) is 25.1 Å². The molecule has 0 radical (unpaired) electrons. The van der Waals surface area contributed by atoms with Gasteiger partial charge in [-0.3, -0.25) is 0 Å². The molecule has 0 aliphatic rings. The highest BCUT2D eigenvalue weighted by Crippen LogP contribution is 2.18. The highest BCUT2D eigenvalue weighted by atomic mass is 32.1. The van der Waals surface area contributed by atoms with E-state index in [1.807, 2.05) is 24.3 Å². The van der Waals surface area contributed by atoms with Crippen LogP contribution in [-0.2, 0) is 6.42 Å². The molecule has 0 saturated carbocycles. The first-order valence-electron chi connectivity index (χ1n) is 6.21. The molecule has 20 heavy (non-hydrogen) atoms. The lowest BCUT2D eigenvalue weighted by molar-refractivity contribution is 0.591. The van der Waals surface area contributed by atoms with Crippen molar-refractivity contribution in [3.05, 3.63) is 59.7 Å². The Morgan fingerprint density at radius 2 is 1.60 bits per heavy atom. The minimum absolute atomic E-state index is 0.137. The van der Waals surface area contributed by atoms with Crippen LogP contribution >= 0.6 is 12.2 Å². The zero-order chi connectivity index (χ0) is 14.5. The molecule has 0 spiro atoms. The molecule has 2 rings (SSSR count). The quantitative estimate of drug-likeness (QED) is 0.823. The Morgan fingerprint density at radius 1 is 1.00 bits per heavy atom. The summed E-state index contributed by atoms with van der Waals surface area (Å²) in [6.45, 7) is 2.07. The molecule has 0 aromatic heterocycles. The van der Waals surface area contributed by atoms with E-state index < -0.39 is 11.6 Å². The maximum Gasteiger partial charge on any atom is 0.175 e. The second-order valence-corrected chi connectivity index (χ2v) is 4.63. The van der Waals surface area contributed by atoms with Crippen molar-refractivity contribution in [1.29, 1.82) is 0 Å². The largest absolute Gasteiger partial charge is 0.332 e. The number of para-hydroxylation sites is 1. The number of aryl methyl sites for hydroxylation is 1. The van der Waals surface area contributed by atoms with E-state index in [1.54, 1.807) is 0 Å². The van der Waals surface area contributed by atoms with Gasteiger partial charge in [0.1, 0.15) is 17.3 Å². The topological polar surface area (TPSA) is 24.1 Å². The third kappa shape index (κ3) is 3.51. The predicted octanol–water partition coefficient (Wildman–Crippen LogP) is 4.34. The monoisotopic (exact) mass is 292 g/mol. The summed E-state index contributed by atoms with van der Waals surface area (Å²) in [6.07, 6.45) is 0.948. The first-order valence-corrected chi connectivity index (χ1v) is 6.62. The molecular weight excluding hydrogens is 278 g/mol. The normalized spacial score (nSPS) is 10.2. The van der Waals surface area contributed by atoms with Crippen molar-refractivity contribution in [3.8, 4) is 0 Å². The van der Waals surface area contributed by atoms with E-state index in [9.17, 15) is 8.78 Å². The second-order valence-electron chi connectivity index (χ2n) is 4.23. The smallest absolute Gasteiger partial charge is 0.175 e. The summed E-state index contributed by atoms with van der Waals surface area (Å²) in [5.74, 6) is -1.37. The molecule has 5 heteroatoms. The van der Waals surface area contributed by atoms with Gasteiger partial charge in [0.2, 0.25) is 0 Å². The summed E-state index contributed by atoms with van der Waals surface area (Å²) < 4.78 is 26.9. The zero-order valence-electron chi connectivity index (χ0n) is 10.9. The van der Waals surface area contributed by atoms with Crippen LogP contribution in [-0.4, -0.2) is 5.11 Å². The average Bonchev–Trinajstić information content (AvgIpc) is 2.44. The highest BCUT2D eigenvalue weighted by Gasteiger charge is 2.09. The van der Waals surface area contributed by atoms with Gasteiger partial charge in [0.15, 0.2) is 5.11 Å². The van der Waals surface area contributed by atoms with Crippen molar-refractivity contribution in [2.24, 2.45) is 0 Å². The summed E-state index contributed by atoms with van der Waals surface area (Å²) >= 11 is 5.04. The fourth-order valence-electron chi connectivity index (χ4n) is 1.72. The lowest BCUT2D eigenvalue weighted by Crippen LogP contribution is -2.20. The minimum Gasteiger partial charge on any atom is -0.332 e. The standard InChI is InChI=1S/C15H14F2N2S/c1-2-10-6-8-11(9-7-10)18-15(20)19-14-12(16)4-3-5-13(14)17/h3-9H,2H2,1H3,(H2,18,19,20). The van der Waals surface area contributed by atoms with Gasteiger partial charge in [-0.15, -0.1) is 0 Å². The molecule has 0 heterocycles. The van der Waals surface area contributed by atoms with Gasteiger partial charge in [0.25, 0.3) is 0 Å². The Morgan fingerprint density at radius 3 is 2.15 bits per heavy atom. The van der Waals surface area contributed by atoms with E-state index in [2.05, 4.69) is 17.6 Å². The van der Waals surface area contributed by atoms with E-state index in [0.717, 1.165) is 12.1 Å². The number of hydrogen-bond donors (Lipinski definition) is 2. The maximum absolute atomic E-state index is 13.5. The van der Waals surface area contributed by atoms with Crippen molar-refractivity contribution in [1.82, 2.24) is 0 Å². The van der Waals surface area contributed by atoms with Crippen molar-refractivity contribution in [2.45, 2.75) is 13.3 Å². The van der Waals surface area contributed by atoms with Gasteiger partial charge >= 0.3 is 0 Å². The van der Waals surface area contributed by atoms with E-state index in [1.165, 1.54) is 23.8 Å². The molecule has 0 fully saturated rings. The highest BCUT2D eigenvalue weighted by molar-refractivity contribution is 7.80. The SMILES string of the molecule is CCc1ccc(NC(=S)Nc2c(F)cccc2F)cc1. The number of halogens is 2. The first kappa shape index (κ1) is 14.4. The van der Waals surface area contributed by atoms with Crippen LogP contribution in [0.3, 0.4) is 0 Å². The van der Waals surface area contributed by atoms with Crippen molar-refractivity contribution in [3.63, 3.8) is 0 Å². The Hall–Kier alpha value is -2.01. The summed E-state index contributed by atoms with van der Waals surface area (Å²) in [6, 6.07) is 11.3. The van der Waals surface area contributed by atoms with Gasteiger partial charge < -0.3 is 10.6 Å². The molecule has 2 aromatic carbocycles. The Kier molecular flexibility index (Phi) is 4.63. The molecular formula is C15H14F2N2S. The summed E-state index contributed by atoms with van der Waals surface area (Å²) in [4.78, 5) is 0. The van der Waals surface area contributed by atoms with Crippen LogP contribution in [0.2, 0.25) is 0 Å². The lowest BCUT2D eigenvalue weighted by Gasteiger charge is -2.12. The Labute approximate surface area is 121 Å². The molecule has 0 aliphatic heterocycles. The van der Waals surface area contributed by atoms with E-state index in [-0.39, 0.29) is 10.8 Å². The third-order valence-corrected chi connectivity index (χ3v) is 3.03. The summed E-state index contributed by atoms with van der Waals surface area (Å²) in [7, 11) is 0. The van der Waals surface area contributed by atoms with Crippen molar-refractivity contribution >= 4 is 28.7 Å². The average molecular weight is 292 g/mol. The number of nitrogens with one attached hydrogen (secondary N) is 2. The molecule has 0 amide bonds. The third-order valence-electron chi connectivity index (χ3n) is 2.82. The number of anilines is 2. The fraction of sp³-hybridized carbons (Fsp3) is 0.133. The molecule has 0 aliphatic carbocycles. The van der Waals surface area contributed by atoms with Crippen LogP contribution < -0.4 is 10.6 Å². The van der Waals surface area contributed by atoms with Crippen LogP contribution in [0.5, 0.6) is 0 Å². The second kappa shape index (κ2) is 6.43. The van der Waals surface area contributed by atoms with Gasteiger partial charge in [-0.2, -0.15) is 0 Å². The molecule has 2 aromatic rings. The van der Waals surface area contributed by atoms with Gasteiger partial charge in [-0.25, -0.2) is 8.78 Å². The number of thiocarbonyl (C=S) groups is 1. The van der Waals surface area contributed by atoms with Gasteiger partial charge in [-0.05, 0) is 48.5 Å². The number of rotatable bonds is 3. The predicted molar refractivity (Wildman–Crippen MR) is 82.0 cm³/mol. The van der Waals surface area contributed by atoms with Crippen LogP contribution in [0.25, 0.3) is 0 Å². The molecule has 104 valence electrons. The maximum atomic E-state index is 13.5. The molecule has 0 saturated heterocycles. The summed E-state index contributed by atoms with van der Waals surface area (Å²) in [5.41, 5.74) is 1.71. The van der Waals surface area contributed by atoms with Crippen LogP contribution in [0.15, 0.2) is 42.5 Å². The first-order chi connectivity index (χ1) is 9.60. The number of hydrogen-bond acceptors (Lipinski definition) is 1. The van der Waals surface area contributed by atoms with Gasteiger partial charge in [0, 0.05) is 5.69 Å². The van der Waals surface area contributed by atoms with E-state index in [0.29, 0.717) is 0 Å². The number of benzene rings is 2. The zero-order valence-corrected chi connectivity index (χ0v) is 11.7. The molecule has 0 atom stereocenters. The van der Waals surface area contributed by atoms with E-state index >= 15 is 0 Å². The fourth-order valence-corrected chi connectivity index (χ4v) is 1.94. The Balaban J connectivity index is 2.05. The molecule has 2 N–H and O–H groups in total.